The van der Waals surface area contributed by atoms with Crippen molar-refractivity contribution in [3.63, 3.8) is 0 Å². The van der Waals surface area contributed by atoms with Crippen LogP contribution in [0.2, 0.25) is 5.02 Å². The van der Waals surface area contributed by atoms with E-state index in [0.717, 1.165) is 24.0 Å². The number of hydrogen-bond acceptors (Lipinski definition) is 5. The molecule has 33 heavy (non-hydrogen) atoms. The van der Waals surface area contributed by atoms with Gasteiger partial charge in [-0.05, 0) is 60.9 Å². The molecule has 0 saturated heterocycles. The van der Waals surface area contributed by atoms with Crippen molar-refractivity contribution in [3.05, 3.63) is 75.9 Å². The number of aromatic carboxylic acids is 1. The molecule has 0 spiro atoms. The normalized spacial score (nSPS) is 15.7. The van der Waals surface area contributed by atoms with E-state index in [4.69, 9.17) is 16.3 Å². The second-order valence-corrected chi connectivity index (χ2v) is 8.80. The number of benzene rings is 2. The van der Waals surface area contributed by atoms with Crippen LogP contribution in [0.15, 0.2) is 48.5 Å². The molecule has 0 atom stereocenters. The Kier molecular flexibility index (Phi) is 5.72. The number of carboxylic acid groups (broad SMARTS) is 1. The molecule has 1 amide bonds. The van der Waals surface area contributed by atoms with Crippen LogP contribution in [0.4, 0.5) is 0 Å². The number of carboxylic acids is 1. The zero-order valence-corrected chi connectivity index (χ0v) is 18.6. The first-order chi connectivity index (χ1) is 16.0. The summed E-state index contributed by atoms with van der Waals surface area (Å²) in [5.41, 5.74) is 3.58. The summed E-state index contributed by atoms with van der Waals surface area (Å²) in [6.45, 7) is 0.872. The molecule has 7 nitrogen and oxygen atoms in total. The zero-order valence-electron chi connectivity index (χ0n) is 17.8. The van der Waals surface area contributed by atoms with Crippen molar-refractivity contribution in [1.29, 1.82) is 0 Å². The molecular formula is C25H22ClN3O4. The Morgan fingerprint density at radius 2 is 1.91 bits per heavy atom. The molecule has 5 rings (SSSR count). The Balaban J connectivity index is 1.25. The Morgan fingerprint density at radius 1 is 1.09 bits per heavy atom. The summed E-state index contributed by atoms with van der Waals surface area (Å²) in [4.78, 5) is 26.0. The van der Waals surface area contributed by atoms with Gasteiger partial charge in [-0.2, -0.15) is 10.2 Å². The van der Waals surface area contributed by atoms with Crippen molar-refractivity contribution in [3.8, 4) is 17.0 Å². The van der Waals surface area contributed by atoms with E-state index in [0.29, 0.717) is 35.3 Å². The lowest BCUT2D eigenvalue weighted by molar-refractivity contribution is 0.0691. The summed E-state index contributed by atoms with van der Waals surface area (Å²) in [7, 11) is 0. The fraction of sp³-hybridized carbons (Fsp3) is 0.280. The lowest BCUT2D eigenvalue weighted by Gasteiger charge is -2.23. The predicted octanol–water partition coefficient (Wildman–Crippen LogP) is 4.97. The highest BCUT2D eigenvalue weighted by atomic mass is 35.5. The van der Waals surface area contributed by atoms with E-state index in [9.17, 15) is 14.7 Å². The van der Waals surface area contributed by atoms with Gasteiger partial charge in [0.25, 0.3) is 5.91 Å². The molecule has 1 saturated carbocycles. The van der Waals surface area contributed by atoms with E-state index in [1.807, 2.05) is 23.1 Å². The second-order valence-electron chi connectivity index (χ2n) is 8.39. The molecule has 0 bridgehead atoms. The second kappa shape index (κ2) is 8.83. The molecule has 1 aromatic heterocycles. The fourth-order valence-corrected chi connectivity index (χ4v) is 4.72. The SMILES string of the molecule is O=C(O)c1cc(-c2ccc(COc3ccc4c(c3)CN(C3CCCC3)C4=O)nn2)ccc1Cl. The van der Waals surface area contributed by atoms with Crippen molar-refractivity contribution < 1.29 is 19.4 Å². The van der Waals surface area contributed by atoms with Crippen LogP contribution in [0.3, 0.4) is 0 Å². The van der Waals surface area contributed by atoms with Crippen molar-refractivity contribution >= 4 is 23.5 Å². The largest absolute Gasteiger partial charge is 0.487 e. The highest BCUT2D eigenvalue weighted by Crippen LogP contribution is 2.33. The summed E-state index contributed by atoms with van der Waals surface area (Å²) < 4.78 is 5.90. The molecule has 168 valence electrons. The topological polar surface area (TPSA) is 92.6 Å². The number of carbonyl (C=O) groups is 2. The van der Waals surface area contributed by atoms with E-state index >= 15 is 0 Å². The Bertz CT molecular complexity index is 1220. The maximum atomic E-state index is 12.7. The van der Waals surface area contributed by atoms with Crippen molar-refractivity contribution in [1.82, 2.24) is 15.1 Å². The lowest BCUT2D eigenvalue weighted by atomic mass is 10.1. The molecule has 0 radical (unpaired) electrons. The minimum Gasteiger partial charge on any atom is -0.487 e. The minimum atomic E-state index is -1.10. The Labute approximate surface area is 196 Å². The van der Waals surface area contributed by atoms with Gasteiger partial charge in [-0.15, -0.1) is 0 Å². The summed E-state index contributed by atoms with van der Waals surface area (Å²) in [6, 6.07) is 14.2. The monoisotopic (exact) mass is 463 g/mol. The molecule has 3 aromatic rings. The van der Waals surface area contributed by atoms with Crippen LogP contribution in [-0.2, 0) is 13.2 Å². The van der Waals surface area contributed by atoms with Crippen molar-refractivity contribution in [2.75, 3.05) is 0 Å². The Morgan fingerprint density at radius 3 is 2.64 bits per heavy atom. The van der Waals surface area contributed by atoms with Crippen LogP contribution in [0.1, 0.15) is 57.7 Å². The number of halogens is 1. The molecule has 1 aliphatic heterocycles. The maximum absolute atomic E-state index is 12.7. The Hall–Kier alpha value is -3.45. The average molecular weight is 464 g/mol. The first-order valence-corrected chi connectivity index (χ1v) is 11.3. The van der Waals surface area contributed by atoms with E-state index in [-0.39, 0.29) is 23.1 Å². The molecule has 2 aromatic carbocycles. The average Bonchev–Trinajstić information content (AvgIpc) is 3.46. The predicted molar refractivity (Wildman–Crippen MR) is 122 cm³/mol. The molecule has 1 N–H and O–H groups in total. The van der Waals surface area contributed by atoms with Crippen LogP contribution in [0, 0.1) is 0 Å². The van der Waals surface area contributed by atoms with Crippen LogP contribution < -0.4 is 4.74 Å². The molecule has 0 unspecified atom stereocenters. The standard InChI is InChI=1S/C25H22ClN3O4/c26-22-9-5-15(12-21(22)25(31)32)23-10-6-17(27-28-23)14-33-19-7-8-20-16(11-19)13-29(24(20)30)18-3-1-2-4-18/h5-12,18H,1-4,13-14H2,(H,31,32). The maximum Gasteiger partial charge on any atom is 0.337 e. The number of aromatic nitrogens is 2. The van der Waals surface area contributed by atoms with Gasteiger partial charge in [0.2, 0.25) is 0 Å². The summed E-state index contributed by atoms with van der Waals surface area (Å²) in [6.07, 6.45) is 4.56. The molecule has 2 aliphatic rings. The number of fused-ring (bicyclic) bond motifs is 1. The quantitative estimate of drug-likeness (QED) is 0.554. The molecular weight excluding hydrogens is 442 g/mol. The van der Waals surface area contributed by atoms with Gasteiger partial charge in [-0.1, -0.05) is 30.5 Å². The summed E-state index contributed by atoms with van der Waals surface area (Å²) >= 11 is 5.93. The highest BCUT2D eigenvalue weighted by Gasteiger charge is 2.34. The van der Waals surface area contributed by atoms with E-state index in [1.165, 1.54) is 25.0 Å². The van der Waals surface area contributed by atoms with E-state index < -0.39 is 5.97 Å². The highest BCUT2D eigenvalue weighted by molar-refractivity contribution is 6.33. The number of carbonyl (C=O) groups excluding carboxylic acids is 1. The summed E-state index contributed by atoms with van der Waals surface area (Å²) in [5.74, 6) is -0.287. The smallest absolute Gasteiger partial charge is 0.337 e. The van der Waals surface area contributed by atoms with Crippen molar-refractivity contribution in [2.45, 2.75) is 44.9 Å². The lowest BCUT2D eigenvalue weighted by Crippen LogP contribution is -2.33. The van der Waals surface area contributed by atoms with Gasteiger partial charge in [-0.25, -0.2) is 4.79 Å². The number of rotatable bonds is 6. The van der Waals surface area contributed by atoms with E-state index in [1.54, 1.807) is 18.2 Å². The summed E-state index contributed by atoms with van der Waals surface area (Å²) in [5, 5.41) is 17.8. The third-order valence-electron chi connectivity index (χ3n) is 6.27. The first kappa shape index (κ1) is 21.4. The number of ether oxygens (including phenoxy) is 1. The molecule has 1 fully saturated rings. The third kappa shape index (κ3) is 4.28. The van der Waals surface area contributed by atoms with Gasteiger partial charge in [-0.3, -0.25) is 4.79 Å². The van der Waals surface area contributed by atoms with Gasteiger partial charge in [0.05, 0.1) is 16.3 Å². The van der Waals surface area contributed by atoms with Crippen LogP contribution in [-0.4, -0.2) is 38.1 Å². The van der Waals surface area contributed by atoms with Crippen molar-refractivity contribution in [2.24, 2.45) is 0 Å². The molecule has 8 heteroatoms. The van der Waals surface area contributed by atoms with Gasteiger partial charge in [0, 0.05) is 23.7 Å². The number of hydrogen-bond donors (Lipinski definition) is 1. The van der Waals surface area contributed by atoms with Gasteiger partial charge >= 0.3 is 5.97 Å². The third-order valence-corrected chi connectivity index (χ3v) is 6.60. The first-order valence-electron chi connectivity index (χ1n) is 10.9. The van der Waals surface area contributed by atoms with Gasteiger partial charge in [0.1, 0.15) is 18.1 Å². The number of nitrogens with zero attached hydrogens (tertiary/aromatic N) is 3. The number of amides is 1. The van der Waals surface area contributed by atoms with Gasteiger partial charge in [0.15, 0.2) is 0 Å². The molecule has 2 heterocycles. The van der Waals surface area contributed by atoms with Crippen LogP contribution in [0.25, 0.3) is 11.3 Å². The van der Waals surface area contributed by atoms with E-state index in [2.05, 4.69) is 10.2 Å². The molecule has 1 aliphatic carbocycles. The minimum absolute atomic E-state index is 0.0185. The van der Waals surface area contributed by atoms with Gasteiger partial charge < -0.3 is 14.7 Å². The van der Waals surface area contributed by atoms with Crippen LogP contribution in [0.5, 0.6) is 5.75 Å². The fourth-order valence-electron chi connectivity index (χ4n) is 4.52. The zero-order chi connectivity index (χ0) is 22.9. The van der Waals surface area contributed by atoms with Crippen LogP contribution >= 0.6 is 11.6 Å².